The maximum Gasteiger partial charge on any atom is 0.239 e. The first-order chi connectivity index (χ1) is 13.6. The molecule has 1 saturated heterocycles. The van der Waals surface area contributed by atoms with Gasteiger partial charge in [-0.1, -0.05) is 78.4 Å². The van der Waals surface area contributed by atoms with Crippen LogP contribution in [0.5, 0.6) is 0 Å². The molecule has 3 nitrogen and oxygen atoms in total. The van der Waals surface area contributed by atoms with Gasteiger partial charge in [-0.3, -0.25) is 4.79 Å². The molecule has 1 amide bonds. The van der Waals surface area contributed by atoms with Crippen molar-refractivity contribution < 1.29 is 4.79 Å². The summed E-state index contributed by atoms with van der Waals surface area (Å²) in [4.78, 5) is 15.5. The molecule has 3 atom stereocenters. The fourth-order valence-electron chi connectivity index (χ4n) is 5.02. The first-order valence-corrected chi connectivity index (χ1v) is 9.86. The summed E-state index contributed by atoms with van der Waals surface area (Å²) in [5, 5.41) is 3.82. The van der Waals surface area contributed by atoms with Gasteiger partial charge in [-0.15, -0.1) is 0 Å². The Morgan fingerprint density at radius 3 is 2.32 bits per heavy atom. The number of hydrogen-bond donors (Lipinski definition) is 1. The van der Waals surface area contributed by atoms with E-state index in [1.165, 1.54) is 16.7 Å². The highest BCUT2D eigenvalue weighted by molar-refractivity contribution is 6.08. The average molecular weight is 368 g/mol. The Balaban J connectivity index is 1.69. The van der Waals surface area contributed by atoms with E-state index in [4.69, 9.17) is 0 Å². The molecular weight excluding hydrogens is 344 g/mol. The van der Waals surface area contributed by atoms with Gasteiger partial charge in [-0.2, -0.15) is 0 Å². The van der Waals surface area contributed by atoms with Crippen LogP contribution in [0, 0.1) is 6.92 Å². The molecule has 2 heterocycles. The first-order valence-electron chi connectivity index (χ1n) is 9.86. The predicted molar refractivity (Wildman–Crippen MR) is 112 cm³/mol. The summed E-state index contributed by atoms with van der Waals surface area (Å²) in [5.41, 5.74) is 5.21. The van der Waals surface area contributed by atoms with Crippen LogP contribution in [0.1, 0.15) is 40.8 Å². The van der Waals surface area contributed by atoms with E-state index < -0.39 is 5.41 Å². The second-order valence-electron chi connectivity index (χ2n) is 8.03. The summed E-state index contributed by atoms with van der Waals surface area (Å²) >= 11 is 0. The van der Waals surface area contributed by atoms with Crippen LogP contribution in [0.15, 0.2) is 78.9 Å². The van der Waals surface area contributed by atoms with E-state index in [1.54, 1.807) is 0 Å². The van der Waals surface area contributed by atoms with Crippen molar-refractivity contribution in [1.29, 1.82) is 0 Å². The highest BCUT2D eigenvalue weighted by Crippen LogP contribution is 2.56. The van der Waals surface area contributed by atoms with E-state index in [-0.39, 0.29) is 18.0 Å². The fraction of sp³-hybridized carbons (Fsp3) is 0.240. The van der Waals surface area contributed by atoms with E-state index >= 15 is 0 Å². The van der Waals surface area contributed by atoms with Gasteiger partial charge in [-0.05, 0) is 36.1 Å². The number of para-hydroxylation sites is 1. The van der Waals surface area contributed by atoms with E-state index in [1.807, 2.05) is 24.1 Å². The van der Waals surface area contributed by atoms with E-state index in [0.29, 0.717) is 0 Å². The van der Waals surface area contributed by atoms with Gasteiger partial charge >= 0.3 is 0 Å². The molecule has 0 radical (unpaired) electrons. The van der Waals surface area contributed by atoms with Gasteiger partial charge in [0.25, 0.3) is 0 Å². The quantitative estimate of drug-likeness (QED) is 0.712. The summed E-state index contributed by atoms with van der Waals surface area (Å²) in [6.07, 6.45) is 0.760. The summed E-state index contributed by atoms with van der Waals surface area (Å²) in [7, 11) is 1.90. The van der Waals surface area contributed by atoms with E-state index in [2.05, 4.69) is 79.0 Å². The molecule has 0 aromatic heterocycles. The van der Waals surface area contributed by atoms with Crippen molar-refractivity contribution in [3.8, 4) is 0 Å². The molecule has 0 aliphatic carbocycles. The van der Waals surface area contributed by atoms with Gasteiger partial charge in [-0.25, -0.2) is 0 Å². The molecule has 2 aliphatic rings. The minimum atomic E-state index is -0.582. The second-order valence-corrected chi connectivity index (χ2v) is 8.03. The lowest BCUT2D eigenvalue weighted by molar-refractivity contribution is -0.123. The second kappa shape index (κ2) is 6.32. The number of fused-ring (bicyclic) bond motifs is 2. The molecule has 0 bridgehead atoms. The number of aryl methyl sites for hydroxylation is 1. The van der Waals surface area contributed by atoms with Gasteiger partial charge in [0.2, 0.25) is 5.91 Å². The number of benzene rings is 3. The summed E-state index contributed by atoms with van der Waals surface area (Å²) < 4.78 is 0. The highest BCUT2D eigenvalue weighted by atomic mass is 16.2. The van der Waals surface area contributed by atoms with Gasteiger partial charge in [0, 0.05) is 18.8 Å². The van der Waals surface area contributed by atoms with Crippen LogP contribution >= 0.6 is 0 Å². The van der Waals surface area contributed by atoms with Gasteiger partial charge in [0.1, 0.15) is 0 Å². The Kier molecular flexibility index (Phi) is 3.88. The first kappa shape index (κ1) is 17.2. The maximum atomic E-state index is 13.7. The molecule has 28 heavy (non-hydrogen) atoms. The Labute approximate surface area is 166 Å². The molecule has 5 rings (SSSR count). The number of amides is 1. The number of carbonyl (C=O) groups excluding carboxylic acids is 1. The van der Waals surface area contributed by atoms with Gasteiger partial charge < -0.3 is 10.2 Å². The number of hydrogen-bond acceptors (Lipinski definition) is 2. The molecule has 1 N–H and O–H groups in total. The summed E-state index contributed by atoms with van der Waals surface area (Å²) in [6.45, 7) is 2.10. The number of anilines is 1. The zero-order valence-electron chi connectivity index (χ0n) is 16.2. The molecule has 3 aromatic rings. The normalized spacial score (nSPS) is 26.1. The maximum absolute atomic E-state index is 13.7. The molecule has 1 fully saturated rings. The molecule has 1 spiro atoms. The van der Waals surface area contributed by atoms with Gasteiger partial charge in [0.15, 0.2) is 0 Å². The topological polar surface area (TPSA) is 32.3 Å². The lowest BCUT2D eigenvalue weighted by Crippen LogP contribution is -2.42. The molecule has 0 saturated carbocycles. The largest absolute Gasteiger partial charge is 0.314 e. The van der Waals surface area contributed by atoms with Crippen LogP contribution < -0.4 is 10.2 Å². The third-order valence-electron chi connectivity index (χ3n) is 6.43. The van der Waals surface area contributed by atoms with Crippen molar-refractivity contribution in [3.63, 3.8) is 0 Å². The molecular formula is C25H24N2O. The Morgan fingerprint density at radius 1 is 0.893 bits per heavy atom. The molecule has 140 valence electrons. The smallest absolute Gasteiger partial charge is 0.239 e. The van der Waals surface area contributed by atoms with Crippen LogP contribution in [-0.4, -0.2) is 13.0 Å². The monoisotopic (exact) mass is 368 g/mol. The molecule has 0 unspecified atom stereocenters. The lowest BCUT2D eigenvalue weighted by Gasteiger charge is -2.30. The Hall–Kier alpha value is -2.91. The molecule has 3 heteroatoms. The standard InChI is InChI=1S/C25H24N2O/c1-17-12-14-19(15-13-17)23-25(16-21(26-23)18-8-4-3-5-9-18)20-10-6-7-11-22(20)27(2)24(25)28/h3-15,21,23,26H,16H2,1-2H3/t21-,23-,25+/m1/s1. The zero-order chi connectivity index (χ0) is 19.3. The SMILES string of the molecule is Cc1ccc([C@H]2N[C@@H](c3ccccc3)C[C@@]23C(=O)N(C)c2ccccc23)cc1. The fourth-order valence-corrected chi connectivity index (χ4v) is 5.02. The number of nitrogens with one attached hydrogen (secondary N) is 1. The zero-order valence-corrected chi connectivity index (χ0v) is 16.2. The highest BCUT2D eigenvalue weighted by Gasteiger charge is 2.59. The minimum absolute atomic E-state index is 0.0584. The summed E-state index contributed by atoms with van der Waals surface area (Å²) in [6, 6.07) is 27.4. The van der Waals surface area contributed by atoms with Crippen LogP contribution in [0.3, 0.4) is 0 Å². The van der Waals surface area contributed by atoms with Crippen LogP contribution in [-0.2, 0) is 10.2 Å². The number of likely N-dealkylation sites (N-methyl/N-ethyl adjacent to an activating group) is 1. The Morgan fingerprint density at radius 2 is 1.57 bits per heavy atom. The number of nitrogens with zero attached hydrogens (tertiary/aromatic N) is 1. The predicted octanol–water partition coefficient (Wildman–Crippen LogP) is 4.69. The van der Waals surface area contributed by atoms with Crippen molar-refractivity contribution >= 4 is 11.6 Å². The van der Waals surface area contributed by atoms with Crippen molar-refractivity contribution in [2.24, 2.45) is 0 Å². The lowest BCUT2D eigenvalue weighted by atomic mass is 9.71. The summed E-state index contributed by atoms with van der Waals surface area (Å²) in [5.74, 6) is 0.185. The van der Waals surface area contributed by atoms with Gasteiger partial charge in [0.05, 0.1) is 11.5 Å². The third kappa shape index (κ3) is 2.36. The Bertz CT molecular complexity index is 1030. The van der Waals surface area contributed by atoms with Crippen LogP contribution in [0.25, 0.3) is 0 Å². The average Bonchev–Trinajstić information content (AvgIpc) is 3.24. The number of rotatable bonds is 2. The van der Waals surface area contributed by atoms with Crippen molar-refractivity contribution in [2.75, 3.05) is 11.9 Å². The van der Waals surface area contributed by atoms with Crippen LogP contribution in [0.2, 0.25) is 0 Å². The van der Waals surface area contributed by atoms with E-state index in [0.717, 1.165) is 17.7 Å². The minimum Gasteiger partial charge on any atom is -0.314 e. The molecule has 3 aromatic carbocycles. The number of carbonyl (C=O) groups is 1. The third-order valence-corrected chi connectivity index (χ3v) is 6.43. The molecule has 2 aliphatic heterocycles. The van der Waals surface area contributed by atoms with Crippen LogP contribution in [0.4, 0.5) is 5.69 Å². The van der Waals surface area contributed by atoms with E-state index in [9.17, 15) is 4.79 Å². The van der Waals surface area contributed by atoms with Crippen molar-refractivity contribution in [3.05, 3.63) is 101 Å². The van der Waals surface area contributed by atoms with Crippen molar-refractivity contribution in [1.82, 2.24) is 5.32 Å². The van der Waals surface area contributed by atoms with Crippen molar-refractivity contribution in [2.45, 2.75) is 30.8 Å².